The van der Waals surface area contributed by atoms with Crippen molar-refractivity contribution in [3.8, 4) is 0 Å². The Morgan fingerprint density at radius 2 is 1.76 bits per heavy atom. The third-order valence-electron chi connectivity index (χ3n) is 7.41. The zero-order valence-corrected chi connectivity index (χ0v) is 18.9. The van der Waals surface area contributed by atoms with Crippen molar-refractivity contribution >= 4 is 17.7 Å². The lowest BCUT2D eigenvalue weighted by Crippen LogP contribution is -2.52. The van der Waals surface area contributed by atoms with Crippen molar-refractivity contribution in [1.82, 2.24) is 15.5 Å². The molecule has 5 rings (SSSR count). The highest BCUT2D eigenvalue weighted by molar-refractivity contribution is 6.05. The molecule has 0 bridgehead atoms. The highest BCUT2D eigenvalue weighted by Crippen LogP contribution is 2.30. The second kappa shape index (κ2) is 9.48. The number of rotatable bonds is 6. The van der Waals surface area contributed by atoms with Crippen LogP contribution in [0.3, 0.4) is 0 Å². The first-order chi connectivity index (χ1) is 16.1. The van der Waals surface area contributed by atoms with Crippen LogP contribution in [0.25, 0.3) is 0 Å². The van der Waals surface area contributed by atoms with Gasteiger partial charge < -0.3 is 10.2 Å². The maximum absolute atomic E-state index is 12.9. The number of amides is 3. The van der Waals surface area contributed by atoms with Crippen molar-refractivity contribution in [3.05, 3.63) is 70.8 Å². The van der Waals surface area contributed by atoms with E-state index >= 15 is 0 Å². The first-order valence-electron chi connectivity index (χ1n) is 12.1. The van der Waals surface area contributed by atoms with Gasteiger partial charge in [-0.05, 0) is 54.4 Å². The number of hydrogen-bond donors (Lipinski definition) is 2. The predicted octanol–water partition coefficient (Wildman–Crippen LogP) is 3.34. The number of nitrogens with one attached hydrogen (secondary N) is 2. The number of nitrogens with zero attached hydrogens (tertiary/aromatic N) is 1. The van der Waals surface area contributed by atoms with E-state index in [2.05, 4.69) is 47.0 Å². The first-order valence-corrected chi connectivity index (χ1v) is 12.1. The van der Waals surface area contributed by atoms with Gasteiger partial charge in [-0.2, -0.15) is 0 Å². The van der Waals surface area contributed by atoms with Crippen molar-refractivity contribution in [2.24, 2.45) is 5.92 Å². The van der Waals surface area contributed by atoms with Gasteiger partial charge in [0.25, 0.3) is 5.91 Å². The van der Waals surface area contributed by atoms with Crippen LogP contribution in [0.5, 0.6) is 0 Å². The molecule has 2 heterocycles. The Hall–Kier alpha value is -2.99. The second-order valence-electron chi connectivity index (χ2n) is 9.61. The zero-order valence-electron chi connectivity index (χ0n) is 18.9. The molecule has 33 heavy (non-hydrogen) atoms. The van der Waals surface area contributed by atoms with Crippen LogP contribution in [-0.2, 0) is 29.1 Å². The lowest BCUT2D eigenvalue weighted by molar-refractivity contribution is -0.136. The van der Waals surface area contributed by atoms with Gasteiger partial charge in [0.05, 0.1) is 0 Å². The van der Waals surface area contributed by atoms with Gasteiger partial charge in [-0.15, -0.1) is 0 Å². The maximum Gasteiger partial charge on any atom is 0.255 e. The lowest BCUT2D eigenvalue weighted by Gasteiger charge is -2.32. The van der Waals surface area contributed by atoms with Crippen LogP contribution in [0, 0.1) is 5.92 Å². The third-order valence-corrected chi connectivity index (χ3v) is 7.41. The molecule has 1 aliphatic carbocycles. The van der Waals surface area contributed by atoms with E-state index in [0.29, 0.717) is 30.5 Å². The van der Waals surface area contributed by atoms with E-state index in [9.17, 15) is 14.4 Å². The number of hydrogen-bond acceptors (Lipinski definition) is 4. The monoisotopic (exact) mass is 445 g/mol. The molecule has 172 valence electrons. The van der Waals surface area contributed by atoms with Crippen LogP contribution in [0.2, 0.25) is 0 Å². The Morgan fingerprint density at radius 3 is 2.58 bits per heavy atom. The summed E-state index contributed by atoms with van der Waals surface area (Å²) in [5, 5.41) is 6.16. The van der Waals surface area contributed by atoms with Gasteiger partial charge in [0.15, 0.2) is 0 Å². The van der Waals surface area contributed by atoms with Gasteiger partial charge in [-0.1, -0.05) is 55.3 Å². The second-order valence-corrected chi connectivity index (χ2v) is 9.61. The van der Waals surface area contributed by atoms with E-state index in [4.69, 9.17) is 0 Å². The molecule has 3 aliphatic rings. The summed E-state index contributed by atoms with van der Waals surface area (Å²) in [5.74, 6) is -0.104. The summed E-state index contributed by atoms with van der Waals surface area (Å²) in [4.78, 5) is 38.2. The summed E-state index contributed by atoms with van der Waals surface area (Å²) in [5.41, 5.74) is 4.20. The fraction of sp³-hybridized carbons (Fsp3) is 0.444. The van der Waals surface area contributed by atoms with Crippen molar-refractivity contribution in [1.29, 1.82) is 0 Å². The summed E-state index contributed by atoms with van der Waals surface area (Å²) in [6.07, 6.45) is 6.80. The molecule has 3 atom stereocenters. The van der Waals surface area contributed by atoms with Gasteiger partial charge in [-0.3, -0.25) is 19.7 Å². The molecule has 2 N–H and O–H groups in total. The summed E-state index contributed by atoms with van der Waals surface area (Å²) in [7, 11) is 0. The SMILES string of the molecule is O=C1CCC(N2Cc3cc(CN[C@@H]4CCCC[C@@H]4Cc4ccccc4)ccc3C2=O)C(=O)N1. The third kappa shape index (κ3) is 4.71. The molecule has 0 radical (unpaired) electrons. The first kappa shape index (κ1) is 21.8. The van der Waals surface area contributed by atoms with Crippen molar-refractivity contribution in [2.75, 3.05) is 0 Å². The average Bonchev–Trinajstić information content (AvgIpc) is 3.14. The lowest BCUT2D eigenvalue weighted by atomic mass is 9.80. The molecule has 2 aromatic rings. The normalized spacial score (nSPS) is 25.2. The quantitative estimate of drug-likeness (QED) is 0.669. The predicted molar refractivity (Wildman–Crippen MR) is 125 cm³/mol. The molecule has 1 saturated carbocycles. The molecular formula is C27H31N3O3. The minimum Gasteiger partial charge on any atom is -0.322 e. The van der Waals surface area contributed by atoms with Gasteiger partial charge in [-0.25, -0.2) is 0 Å². The number of imide groups is 1. The number of piperidine rings is 1. The maximum atomic E-state index is 12.9. The average molecular weight is 446 g/mol. The zero-order chi connectivity index (χ0) is 22.8. The van der Waals surface area contributed by atoms with Crippen LogP contribution < -0.4 is 10.6 Å². The summed E-state index contributed by atoms with van der Waals surface area (Å²) < 4.78 is 0. The number of carbonyl (C=O) groups excluding carboxylic acids is 3. The Labute approximate surface area is 194 Å². The van der Waals surface area contributed by atoms with Crippen molar-refractivity contribution < 1.29 is 14.4 Å². The molecule has 2 fully saturated rings. The van der Waals surface area contributed by atoms with E-state index in [1.165, 1.54) is 31.2 Å². The number of carbonyl (C=O) groups is 3. The van der Waals surface area contributed by atoms with Crippen LogP contribution in [0.4, 0.5) is 0 Å². The smallest absolute Gasteiger partial charge is 0.255 e. The van der Waals surface area contributed by atoms with E-state index in [-0.39, 0.29) is 24.1 Å². The van der Waals surface area contributed by atoms with Crippen LogP contribution >= 0.6 is 0 Å². The highest BCUT2D eigenvalue weighted by Gasteiger charge is 2.39. The molecule has 6 nitrogen and oxygen atoms in total. The summed E-state index contributed by atoms with van der Waals surface area (Å²) >= 11 is 0. The number of benzene rings is 2. The van der Waals surface area contributed by atoms with E-state index in [0.717, 1.165) is 24.1 Å². The van der Waals surface area contributed by atoms with Crippen molar-refractivity contribution in [2.45, 2.75) is 70.1 Å². The van der Waals surface area contributed by atoms with Crippen LogP contribution in [-0.4, -0.2) is 34.7 Å². The molecule has 2 aliphatic heterocycles. The van der Waals surface area contributed by atoms with Gasteiger partial charge in [0, 0.05) is 31.1 Å². The fourth-order valence-electron chi connectivity index (χ4n) is 5.62. The summed E-state index contributed by atoms with van der Waals surface area (Å²) in [6, 6.07) is 16.7. The highest BCUT2D eigenvalue weighted by atomic mass is 16.2. The Bertz CT molecular complexity index is 1050. The molecule has 3 amide bonds. The van der Waals surface area contributed by atoms with E-state index < -0.39 is 6.04 Å². The topological polar surface area (TPSA) is 78.5 Å². The molecule has 1 unspecified atom stereocenters. The largest absolute Gasteiger partial charge is 0.322 e. The molecule has 0 spiro atoms. The van der Waals surface area contributed by atoms with E-state index in [1.54, 1.807) is 4.90 Å². The summed E-state index contributed by atoms with van der Waals surface area (Å²) in [6.45, 7) is 1.20. The fourth-order valence-corrected chi connectivity index (χ4v) is 5.62. The standard InChI is InChI=1S/C27H31N3O3/c31-25-13-12-24(26(32)29-25)30-17-21-15-19(10-11-22(21)27(30)33)16-28-23-9-5-4-8-20(23)14-18-6-2-1-3-7-18/h1-3,6-7,10-11,15,20,23-24,28H,4-5,8-9,12-14,16-17H2,(H,29,31,32)/t20-,23-,24?/m1/s1. The Morgan fingerprint density at radius 1 is 0.939 bits per heavy atom. The molecule has 0 aromatic heterocycles. The molecule has 1 saturated heterocycles. The Kier molecular flexibility index (Phi) is 6.27. The van der Waals surface area contributed by atoms with Gasteiger partial charge in [0.1, 0.15) is 6.04 Å². The number of fused-ring (bicyclic) bond motifs is 1. The van der Waals surface area contributed by atoms with Crippen LogP contribution in [0.15, 0.2) is 48.5 Å². The van der Waals surface area contributed by atoms with Gasteiger partial charge >= 0.3 is 0 Å². The van der Waals surface area contributed by atoms with E-state index in [1.807, 2.05) is 12.1 Å². The minimum absolute atomic E-state index is 0.116. The molecule has 2 aromatic carbocycles. The minimum atomic E-state index is -0.565. The molecule has 6 heteroatoms. The molecular weight excluding hydrogens is 414 g/mol. The van der Waals surface area contributed by atoms with Crippen LogP contribution in [0.1, 0.15) is 65.6 Å². The Balaban J connectivity index is 1.23. The van der Waals surface area contributed by atoms with Crippen molar-refractivity contribution in [3.63, 3.8) is 0 Å². The van der Waals surface area contributed by atoms with Gasteiger partial charge in [0.2, 0.25) is 11.8 Å².